The minimum atomic E-state index is -0.133. The van der Waals surface area contributed by atoms with Gasteiger partial charge in [0.1, 0.15) is 0 Å². The first-order valence-corrected chi connectivity index (χ1v) is 6.60. The van der Waals surface area contributed by atoms with Crippen LogP contribution in [-0.2, 0) is 14.4 Å². The molecule has 0 aromatic heterocycles. The van der Waals surface area contributed by atoms with Gasteiger partial charge in [-0.05, 0) is 13.5 Å². The minimum Gasteiger partial charge on any atom is -0.355 e. The molecule has 7 nitrogen and oxygen atoms in total. The van der Waals surface area contributed by atoms with Crippen LogP contribution in [-0.4, -0.2) is 73.3 Å². The molecule has 0 aliphatic carbocycles. The number of hydrogen-bond donors (Lipinski definition) is 2. The zero-order valence-corrected chi connectivity index (χ0v) is 11.6. The van der Waals surface area contributed by atoms with Crippen molar-refractivity contribution in [1.29, 1.82) is 0 Å². The SMILES string of the molecule is CCNC(=O)CN(CC)CC(=O)N1CCNC(=O)C1. The van der Waals surface area contributed by atoms with Gasteiger partial charge in [-0.2, -0.15) is 0 Å². The minimum absolute atomic E-state index is 0.0893. The molecule has 3 amide bonds. The fourth-order valence-corrected chi connectivity index (χ4v) is 1.88. The Bertz CT molecular complexity index is 346. The molecule has 19 heavy (non-hydrogen) atoms. The van der Waals surface area contributed by atoms with Gasteiger partial charge in [-0.25, -0.2) is 0 Å². The Balaban J connectivity index is 2.43. The van der Waals surface area contributed by atoms with Crippen LogP contribution in [0.3, 0.4) is 0 Å². The van der Waals surface area contributed by atoms with E-state index in [1.54, 1.807) is 4.90 Å². The number of nitrogens with zero attached hydrogens (tertiary/aromatic N) is 2. The lowest BCUT2D eigenvalue weighted by molar-refractivity contribution is -0.139. The Kier molecular flexibility index (Phi) is 6.27. The Morgan fingerprint density at radius 1 is 1.37 bits per heavy atom. The normalized spacial score (nSPS) is 15.3. The van der Waals surface area contributed by atoms with Gasteiger partial charge in [0.2, 0.25) is 17.7 Å². The summed E-state index contributed by atoms with van der Waals surface area (Å²) in [5.41, 5.74) is 0. The predicted octanol–water partition coefficient (Wildman–Crippen LogP) is -1.60. The fourth-order valence-electron chi connectivity index (χ4n) is 1.88. The van der Waals surface area contributed by atoms with Crippen LogP contribution in [0.4, 0.5) is 0 Å². The van der Waals surface area contributed by atoms with E-state index < -0.39 is 0 Å². The van der Waals surface area contributed by atoms with Crippen LogP contribution in [0.15, 0.2) is 0 Å². The van der Waals surface area contributed by atoms with Crippen LogP contribution in [0.2, 0.25) is 0 Å². The average molecular weight is 270 g/mol. The van der Waals surface area contributed by atoms with Crippen molar-refractivity contribution in [2.75, 3.05) is 45.8 Å². The molecule has 0 atom stereocenters. The smallest absolute Gasteiger partial charge is 0.239 e. The third-order valence-corrected chi connectivity index (χ3v) is 2.94. The van der Waals surface area contributed by atoms with Crippen LogP contribution in [0.5, 0.6) is 0 Å². The van der Waals surface area contributed by atoms with Gasteiger partial charge in [0.25, 0.3) is 0 Å². The number of nitrogens with one attached hydrogen (secondary N) is 2. The van der Waals surface area contributed by atoms with Crippen molar-refractivity contribution in [3.63, 3.8) is 0 Å². The maximum atomic E-state index is 12.0. The van der Waals surface area contributed by atoms with Gasteiger partial charge in [-0.3, -0.25) is 19.3 Å². The molecular formula is C12H22N4O3. The molecule has 1 fully saturated rings. The highest BCUT2D eigenvalue weighted by molar-refractivity contribution is 5.87. The third-order valence-electron chi connectivity index (χ3n) is 2.94. The predicted molar refractivity (Wildman–Crippen MR) is 70.4 cm³/mol. The molecule has 7 heteroatoms. The van der Waals surface area contributed by atoms with Crippen molar-refractivity contribution in [3.05, 3.63) is 0 Å². The first kappa shape index (κ1) is 15.4. The molecule has 1 rings (SSSR count). The maximum absolute atomic E-state index is 12.0. The molecule has 0 spiro atoms. The summed E-state index contributed by atoms with van der Waals surface area (Å²) in [6.45, 7) is 6.45. The van der Waals surface area contributed by atoms with E-state index in [1.807, 2.05) is 13.8 Å². The van der Waals surface area contributed by atoms with E-state index in [0.29, 0.717) is 26.2 Å². The molecule has 108 valence electrons. The topological polar surface area (TPSA) is 81.8 Å². The Labute approximate surface area is 113 Å². The summed E-state index contributed by atoms with van der Waals surface area (Å²) in [5.74, 6) is -0.332. The summed E-state index contributed by atoms with van der Waals surface area (Å²) in [5, 5.41) is 5.37. The van der Waals surface area contributed by atoms with Crippen LogP contribution in [0.1, 0.15) is 13.8 Å². The standard InChI is InChI=1S/C12H22N4O3/c1-3-13-10(17)7-15(4-2)9-12(19)16-6-5-14-11(18)8-16/h3-9H2,1-2H3,(H,13,17)(H,14,18). The zero-order valence-electron chi connectivity index (χ0n) is 11.6. The molecule has 1 aliphatic heterocycles. The van der Waals surface area contributed by atoms with Gasteiger partial charge in [0.15, 0.2) is 0 Å². The molecule has 1 aliphatic rings. The lowest BCUT2D eigenvalue weighted by Crippen LogP contribution is -2.53. The molecular weight excluding hydrogens is 248 g/mol. The van der Waals surface area contributed by atoms with Crippen molar-refractivity contribution in [1.82, 2.24) is 20.4 Å². The second kappa shape index (κ2) is 7.73. The molecule has 0 aromatic rings. The number of carbonyl (C=O) groups is 3. The van der Waals surface area contributed by atoms with Gasteiger partial charge < -0.3 is 15.5 Å². The Morgan fingerprint density at radius 2 is 2.11 bits per heavy atom. The van der Waals surface area contributed by atoms with Crippen LogP contribution in [0, 0.1) is 0 Å². The van der Waals surface area contributed by atoms with Crippen molar-refractivity contribution in [2.24, 2.45) is 0 Å². The largest absolute Gasteiger partial charge is 0.355 e. The van der Waals surface area contributed by atoms with Crippen LogP contribution >= 0.6 is 0 Å². The van der Waals surface area contributed by atoms with E-state index in [2.05, 4.69) is 10.6 Å². The van der Waals surface area contributed by atoms with E-state index in [1.165, 1.54) is 4.90 Å². The van der Waals surface area contributed by atoms with Crippen molar-refractivity contribution in [2.45, 2.75) is 13.8 Å². The second-order valence-electron chi connectivity index (χ2n) is 4.42. The van der Waals surface area contributed by atoms with E-state index >= 15 is 0 Å². The van der Waals surface area contributed by atoms with Crippen molar-refractivity contribution in [3.8, 4) is 0 Å². The number of rotatable bonds is 6. The first-order valence-electron chi connectivity index (χ1n) is 6.60. The van der Waals surface area contributed by atoms with E-state index in [4.69, 9.17) is 0 Å². The second-order valence-corrected chi connectivity index (χ2v) is 4.42. The molecule has 0 aromatic carbocycles. The average Bonchev–Trinajstić information content (AvgIpc) is 2.38. The number of carbonyl (C=O) groups excluding carboxylic acids is 3. The molecule has 1 heterocycles. The molecule has 0 bridgehead atoms. The highest BCUT2D eigenvalue weighted by atomic mass is 16.2. The van der Waals surface area contributed by atoms with Gasteiger partial charge in [-0.15, -0.1) is 0 Å². The van der Waals surface area contributed by atoms with Crippen molar-refractivity contribution < 1.29 is 14.4 Å². The van der Waals surface area contributed by atoms with E-state index in [-0.39, 0.29) is 37.4 Å². The molecule has 1 saturated heterocycles. The van der Waals surface area contributed by atoms with Gasteiger partial charge >= 0.3 is 0 Å². The molecule has 0 radical (unpaired) electrons. The van der Waals surface area contributed by atoms with Gasteiger partial charge in [0, 0.05) is 19.6 Å². The van der Waals surface area contributed by atoms with E-state index in [9.17, 15) is 14.4 Å². The molecule has 2 N–H and O–H groups in total. The van der Waals surface area contributed by atoms with Crippen molar-refractivity contribution >= 4 is 17.7 Å². The maximum Gasteiger partial charge on any atom is 0.239 e. The van der Waals surface area contributed by atoms with Gasteiger partial charge in [-0.1, -0.05) is 6.92 Å². The highest BCUT2D eigenvalue weighted by Crippen LogP contribution is 1.97. The Hall–Kier alpha value is -1.63. The fraction of sp³-hybridized carbons (Fsp3) is 0.750. The molecule has 0 unspecified atom stereocenters. The summed E-state index contributed by atoms with van der Waals surface area (Å²) < 4.78 is 0. The zero-order chi connectivity index (χ0) is 14.3. The summed E-state index contributed by atoms with van der Waals surface area (Å²) in [4.78, 5) is 38.0. The number of amides is 3. The Morgan fingerprint density at radius 3 is 2.68 bits per heavy atom. The number of likely N-dealkylation sites (N-methyl/N-ethyl adjacent to an activating group) is 2. The third kappa shape index (κ3) is 5.25. The lowest BCUT2D eigenvalue weighted by atomic mass is 10.3. The quantitative estimate of drug-likeness (QED) is 0.609. The summed E-state index contributed by atoms with van der Waals surface area (Å²) in [6, 6.07) is 0. The van der Waals surface area contributed by atoms with E-state index in [0.717, 1.165) is 0 Å². The summed E-state index contributed by atoms with van der Waals surface area (Å²) in [7, 11) is 0. The molecule has 0 saturated carbocycles. The van der Waals surface area contributed by atoms with Crippen LogP contribution < -0.4 is 10.6 Å². The van der Waals surface area contributed by atoms with Gasteiger partial charge in [0.05, 0.1) is 19.6 Å². The first-order chi connectivity index (χ1) is 9.06. The summed E-state index contributed by atoms with van der Waals surface area (Å²) >= 11 is 0. The number of piperazine rings is 1. The summed E-state index contributed by atoms with van der Waals surface area (Å²) in [6.07, 6.45) is 0. The lowest BCUT2D eigenvalue weighted by Gasteiger charge is -2.29. The number of hydrogen-bond acceptors (Lipinski definition) is 4. The highest BCUT2D eigenvalue weighted by Gasteiger charge is 2.22. The monoisotopic (exact) mass is 270 g/mol. The van der Waals surface area contributed by atoms with Crippen LogP contribution in [0.25, 0.3) is 0 Å².